The largest absolute Gasteiger partial charge is 0.486 e. The van der Waals surface area contributed by atoms with Crippen molar-refractivity contribution in [2.24, 2.45) is 5.73 Å². The molecule has 2 heterocycles. The van der Waals surface area contributed by atoms with Gasteiger partial charge in [-0.15, -0.1) is 0 Å². The summed E-state index contributed by atoms with van der Waals surface area (Å²) in [5, 5.41) is 0. The topological polar surface area (TPSA) is 70.5 Å². The number of fused-ring (bicyclic) bond motifs is 1. The first-order chi connectivity index (χ1) is 9.28. The molecule has 0 aliphatic carbocycles. The number of hydrogen-bond acceptors (Lipinski definition) is 5. The molecule has 0 spiro atoms. The Morgan fingerprint density at radius 2 is 2.00 bits per heavy atom. The fraction of sp³-hybridized carbons (Fsp3) is 0.357. The average molecular weight is 260 g/mol. The van der Waals surface area contributed by atoms with Crippen molar-refractivity contribution < 1.29 is 13.9 Å². The molecule has 0 bridgehead atoms. The van der Waals surface area contributed by atoms with Crippen molar-refractivity contribution in [3.8, 4) is 22.8 Å². The minimum Gasteiger partial charge on any atom is -0.486 e. The zero-order valence-electron chi connectivity index (χ0n) is 10.8. The maximum absolute atomic E-state index is 5.74. The van der Waals surface area contributed by atoms with Crippen LogP contribution in [0.3, 0.4) is 0 Å². The lowest BCUT2D eigenvalue weighted by atomic mass is 10.1. The van der Waals surface area contributed by atoms with Gasteiger partial charge in [0, 0.05) is 18.5 Å². The van der Waals surface area contributed by atoms with Gasteiger partial charge in [-0.25, -0.2) is 4.98 Å². The van der Waals surface area contributed by atoms with Gasteiger partial charge in [0.05, 0.1) is 5.69 Å². The first-order valence-corrected chi connectivity index (χ1v) is 6.34. The third kappa shape index (κ3) is 2.29. The molecule has 19 heavy (non-hydrogen) atoms. The summed E-state index contributed by atoms with van der Waals surface area (Å²) < 4.78 is 16.8. The summed E-state index contributed by atoms with van der Waals surface area (Å²) in [5.74, 6) is 2.96. The van der Waals surface area contributed by atoms with Crippen molar-refractivity contribution in [2.75, 3.05) is 19.8 Å². The van der Waals surface area contributed by atoms with Crippen LogP contribution in [0.4, 0.5) is 0 Å². The molecule has 0 saturated carbocycles. The third-order valence-electron chi connectivity index (χ3n) is 3.00. The highest BCUT2D eigenvalue weighted by Crippen LogP contribution is 2.35. The Kier molecular flexibility index (Phi) is 3.13. The van der Waals surface area contributed by atoms with E-state index >= 15 is 0 Å². The normalized spacial score (nSPS) is 13.6. The van der Waals surface area contributed by atoms with E-state index < -0.39 is 0 Å². The molecule has 1 aliphatic heterocycles. The Bertz CT molecular complexity index is 592. The van der Waals surface area contributed by atoms with Gasteiger partial charge in [-0.1, -0.05) is 0 Å². The van der Waals surface area contributed by atoms with Crippen LogP contribution in [0, 0.1) is 6.92 Å². The molecule has 1 aliphatic rings. The van der Waals surface area contributed by atoms with Crippen molar-refractivity contribution in [1.29, 1.82) is 0 Å². The molecule has 0 radical (unpaired) electrons. The van der Waals surface area contributed by atoms with E-state index in [0.29, 0.717) is 32.1 Å². The summed E-state index contributed by atoms with van der Waals surface area (Å²) >= 11 is 0. The van der Waals surface area contributed by atoms with Gasteiger partial charge >= 0.3 is 0 Å². The van der Waals surface area contributed by atoms with Crippen molar-refractivity contribution in [2.45, 2.75) is 13.3 Å². The predicted molar refractivity (Wildman–Crippen MR) is 70.4 cm³/mol. The molecule has 0 unspecified atom stereocenters. The molecule has 2 N–H and O–H groups in total. The summed E-state index contributed by atoms with van der Waals surface area (Å²) in [5.41, 5.74) is 7.32. The molecular weight excluding hydrogens is 244 g/mol. The molecule has 0 atom stereocenters. The molecule has 5 nitrogen and oxygen atoms in total. The minimum atomic E-state index is 0.528. The Labute approximate surface area is 111 Å². The summed E-state index contributed by atoms with van der Waals surface area (Å²) in [6.45, 7) is 3.62. The van der Waals surface area contributed by atoms with Gasteiger partial charge in [-0.05, 0) is 25.1 Å². The van der Waals surface area contributed by atoms with Crippen molar-refractivity contribution >= 4 is 0 Å². The van der Waals surface area contributed by atoms with Crippen LogP contribution in [0.5, 0.6) is 11.5 Å². The Morgan fingerprint density at radius 3 is 2.79 bits per heavy atom. The number of aryl methyl sites for hydroxylation is 1. The highest BCUT2D eigenvalue weighted by Gasteiger charge is 2.16. The maximum Gasteiger partial charge on any atom is 0.196 e. The minimum absolute atomic E-state index is 0.528. The van der Waals surface area contributed by atoms with E-state index in [2.05, 4.69) is 4.98 Å². The van der Waals surface area contributed by atoms with Crippen LogP contribution in [0.2, 0.25) is 0 Å². The molecular formula is C14H16N2O3. The summed E-state index contributed by atoms with van der Waals surface area (Å²) in [4.78, 5) is 4.37. The molecule has 0 amide bonds. The lowest BCUT2D eigenvalue weighted by molar-refractivity contribution is 0.171. The second-order valence-corrected chi connectivity index (χ2v) is 4.42. The smallest absolute Gasteiger partial charge is 0.196 e. The summed E-state index contributed by atoms with van der Waals surface area (Å²) in [6.07, 6.45) is 0.644. The summed E-state index contributed by atoms with van der Waals surface area (Å²) in [6, 6.07) is 5.77. The third-order valence-corrected chi connectivity index (χ3v) is 3.00. The Morgan fingerprint density at radius 1 is 1.21 bits per heavy atom. The number of nitrogens with zero attached hydrogens (tertiary/aromatic N) is 1. The zero-order chi connectivity index (χ0) is 13.2. The van der Waals surface area contributed by atoms with Gasteiger partial charge in [0.25, 0.3) is 0 Å². The van der Waals surface area contributed by atoms with E-state index in [0.717, 1.165) is 28.5 Å². The van der Waals surface area contributed by atoms with Crippen LogP contribution >= 0.6 is 0 Å². The van der Waals surface area contributed by atoms with Crippen molar-refractivity contribution in [1.82, 2.24) is 4.98 Å². The van der Waals surface area contributed by atoms with Gasteiger partial charge in [-0.2, -0.15) is 0 Å². The number of aromatic nitrogens is 1. The van der Waals surface area contributed by atoms with Gasteiger partial charge < -0.3 is 19.6 Å². The van der Waals surface area contributed by atoms with E-state index in [-0.39, 0.29) is 0 Å². The highest BCUT2D eigenvalue weighted by molar-refractivity contribution is 5.64. The lowest BCUT2D eigenvalue weighted by Gasteiger charge is -2.18. The fourth-order valence-electron chi connectivity index (χ4n) is 2.14. The zero-order valence-corrected chi connectivity index (χ0v) is 10.8. The van der Waals surface area contributed by atoms with Crippen LogP contribution in [0.25, 0.3) is 11.3 Å². The van der Waals surface area contributed by atoms with Gasteiger partial charge in [0.2, 0.25) is 0 Å². The SMILES string of the molecule is Cc1nc(CCN)oc1-c1ccc2c(c1)OCCO2. The number of benzene rings is 1. The molecule has 1 aromatic heterocycles. The van der Waals surface area contributed by atoms with E-state index in [9.17, 15) is 0 Å². The molecule has 5 heteroatoms. The molecule has 2 aromatic rings. The number of rotatable bonds is 3. The van der Waals surface area contributed by atoms with Gasteiger partial charge in [0.1, 0.15) is 13.2 Å². The quantitative estimate of drug-likeness (QED) is 0.913. The van der Waals surface area contributed by atoms with Crippen LogP contribution < -0.4 is 15.2 Å². The molecule has 0 fully saturated rings. The van der Waals surface area contributed by atoms with Crippen LogP contribution in [-0.4, -0.2) is 24.7 Å². The van der Waals surface area contributed by atoms with E-state index in [1.807, 2.05) is 25.1 Å². The first kappa shape index (κ1) is 12.0. The molecule has 100 valence electrons. The number of nitrogens with two attached hydrogens (primary N) is 1. The van der Waals surface area contributed by atoms with Crippen molar-refractivity contribution in [3.05, 3.63) is 29.8 Å². The lowest BCUT2D eigenvalue weighted by Crippen LogP contribution is -2.15. The first-order valence-electron chi connectivity index (χ1n) is 6.34. The number of ether oxygens (including phenoxy) is 2. The van der Waals surface area contributed by atoms with Crippen LogP contribution in [0.15, 0.2) is 22.6 Å². The van der Waals surface area contributed by atoms with Crippen molar-refractivity contribution in [3.63, 3.8) is 0 Å². The van der Waals surface area contributed by atoms with E-state index in [1.165, 1.54) is 0 Å². The molecule has 3 rings (SSSR count). The fourth-order valence-corrected chi connectivity index (χ4v) is 2.14. The van der Waals surface area contributed by atoms with Gasteiger partial charge in [-0.3, -0.25) is 0 Å². The number of oxazole rings is 1. The molecule has 1 aromatic carbocycles. The van der Waals surface area contributed by atoms with Crippen LogP contribution in [0.1, 0.15) is 11.6 Å². The van der Waals surface area contributed by atoms with Gasteiger partial charge in [0.15, 0.2) is 23.1 Å². The second kappa shape index (κ2) is 4.93. The standard InChI is InChI=1S/C14H16N2O3/c1-9-14(19-13(16-9)4-5-15)10-2-3-11-12(8-10)18-7-6-17-11/h2-3,8H,4-7,15H2,1H3. The van der Waals surface area contributed by atoms with Crippen LogP contribution in [-0.2, 0) is 6.42 Å². The monoisotopic (exact) mass is 260 g/mol. The molecule has 0 saturated heterocycles. The Balaban J connectivity index is 1.97. The second-order valence-electron chi connectivity index (χ2n) is 4.42. The average Bonchev–Trinajstić information content (AvgIpc) is 2.79. The van der Waals surface area contributed by atoms with E-state index in [1.54, 1.807) is 0 Å². The van der Waals surface area contributed by atoms with E-state index in [4.69, 9.17) is 19.6 Å². The highest BCUT2D eigenvalue weighted by atomic mass is 16.6. The maximum atomic E-state index is 5.74. The summed E-state index contributed by atoms with van der Waals surface area (Å²) in [7, 11) is 0. The number of hydrogen-bond donors (Lipinski definition) is 1. The predicted octanol–water partition coefficient (Wildman–Crippen LogP) is 1.92. The Hall–Kier alpha value is -2.01.